The lowest BCUT2D eigenvalue weighted by Crippen LogP contribution is -2.37. The zero-order valence-electron chi connectivity index (χ0n) is 17.1. The zero-order chi connectivity index (χ0) is 20.3. The fraction of sp³-hybridized carbons (Fsp3) is 0.842. The lowest BCUT2D eigenvalue weighted by molar-refractivity contribution is -0.114. The van der Waals surface area contributed by atoms with E-state index in [2.05, 4.69) is 15.1 Å². The molecule has 8 heteroatoms. The van der Waals surface area contributed by atoms with E-state index in [1.54, 1.807) is 0 Å². The van der Waals surface area contributed by atoms with Crippen molar-refractivity contribution in [2.75, 3.05) is 46.1 Å². The highest BCUT2D eigenvalue weighted by atomic mass is 19.3. The lowest BCUT2D eigenvalue weighted by Gasteiger charge is -2.28. The van der Waals surface area contributed by atoms with E-state index in [0.717, 1.165) is 37.3 Å². The van der Waals surface area contributed by atoms with Crippen molar-refractivity contribution in [2.45, 2.75) is 59.0 Å². The van der Waals surface area contributed by atoms with Crippen molar-refractivity contribution in [3.63, 3.8) is 0 Å². The number of aliphatic hydroxyl groups excluding tert-OH is 1. The van der Waals surface area contributed by atoms with Crippen molar-refractivity contribution in [2.24, 2.45) is 0 Å². The summed E-state index contributed by atoms with van der Waals surface area (Å²) in [6.45, 7) is 10.5. The lowest BCUT2D eigenvalue weighted by atomic mass is 10.1. The summed E-state index contributed by atoms with van der Waals surface area (Å²) in [5.41, 5.74) is 2.67. The average molecular weight is 392 g/mol. The van der Waals surface area contributed by atoms with E-state index in [-0.39, 0.29) is 0 Å². The van der Waals surface area contributed by atoms with Crippen molar-refractivity contribution in [3.8, 4) is 0 Å². The molecule has 27 heavy (non-hydrogen) atoms. The molecule has 158 valence electrons. The van der Waals surface area contributed by atoms with Crippen LogP contribution in [0.4, 0.5) is 8.78 Å². The second kappa shape index (κ2) is 12.4. The number of alkyl halides is 2. The molecule has 1 atom stereocenters. The molecule has 1 aliphatic heterocycles. The molecule has 2 N–H and O–H groups in total. The Balaban J connectivity index is 0.00000176. The Kier molecular flexibility index (Phi) is 11.0. The van der Waals surface area contributed by atoms with Crippen molar-refractivity contribution in [1.29, 1.82) is 0 Å². The number of nitrogens with one attached hydrogen (secondary N) is 1. The molecular weight excluding hydrogens is 356 g/mol. The van der Waals surface area contributed by atoms with Crippen molar-refractivity contribution < 1.29 is 23.4 Å². The molecule has 2 rings (SSSR count). The number of morpholine rings is 1. The number of hydrogen-bond acceptors (Lipinski definition) is 5. The third kappa shape index (κ3) is 7.81. The molecule has 0 bridgehead atoms. The van der Waals surface area contributed by atoms with E-state index in [0.29, 0.717) is 25.3 Å². The van der Waals surface area contributed by atoms with Crippen LogP contribution in [-0.4, -0.2) is 72.2 Å². The fourth-order valence-corrected chi connectivity index (χ4v) is 2.99. The molecule has 1 aromatic rings. The first-order valence-corrected chi connectivity index (χ1v) is 9.91. The van der Waals surface area contributed by atoms with E-state index in [9.17, 15) is 8.78 Å². The van der Waals surface area contributed by atoms with E-state index in [1.807, 2.05) is 27.7 Å². The van der Waals surface area contributed by atoms with Gasteiger partial charge in [-0.3, -0.25) is 10.00 Å². The number of H-pyrrole nitrogens is 1. The van der Waals surface area contributed by atoms with Gasteiger partial charge in [0.1, 0.15) is 12.7 Å². The quantitative estimate of drug-likeness (QED) is 0.641. The largest absolute Gasteiger partial charge is 0.396 e. The van der Waals surface area contributed by atoms with Gasteiger partial charge < -0.3 is 14.6 Å². The van der Waals surface area contributed by atoms with Crippen molar-refractivity contribution >= 4 is 0 Å². The van der Waals surface area contributed by atoms with Crippen LogP contribution in [0.25, 0.3) is 0 Å². The third-order valence-electron chi connectivity index (χ3n) is 4.59. The summed E-state index contributed by atoms with van der Waals surface area (Å²) < 4.78 is 38.4. The maximum Gasteiger partial charge on any atom is 0.273 e. The Morgan fingerprint density at radius 3 is 2.56 bits per heavy atom. The summed E-state index contributed by atoms with van der Waals surface area (Å²) in [7, 11) is 0. The number of halogens is 2. The molecule has 2 heterocycles. The minimum absolute atomic E-state index is 0.496. The minimum atomic E-state index is -3.04. The molecule has 1 fully saturated rings. The van der Waals surface area contributed by atoms with Crippen LogP contribution in [0.5, 0.6) is 0 Å². The van der Waals surface area contributed by atoms with Crippen LogP contribution in [-0.2, 0) is 15.9 Å². The van der Waals surface area contributed by atoms with E-state index in [4.69, 9.17) is 14.6 Å². The molecular formula is C19H35F2N3O3. The van der Waals surface area contributed by atoms with E-state index < -0.39 is 31.7 Å². The van der Waals surface area contributed by atoms with Crippen LogP contribution in [0.2, 0.25) is 0 Å². The van der Waals surface area contributed by atoms with Gasteiger partial charge in [-0.15, -0.1) is 0 Å². The molecule has 0 radical (unpaired) electrons. The number of aromatic amines is 1. The number of nitrogens with zero attached hydrogens (tertiary/aromatic N) is 2. The van der Waals surface area contributed by atoms with Gasteiger partial charge in [0.15, 0.2) is 0 Å². The Labute approximate surface area is 161 Å². The SMILES string of the molecule is CC.CCc1[nH]nc(C(CCN2CCOCC2)OCC(F)(F)CCO)c1C. The summed E-state index contributed by atoms with van der Waals surface area (Å²) in [6, 6.07) is 0. The Morgan fingerprint density at radius 1 is 1.33 bits per heavy atom. The number of rotatable bonds is 10. The molecule has 6 nitrogen and oxygen atoms in total. The topological polar surface area (TPSA) is 70.6 Å². The predicted molar refractivity (Wildman–Crippen MR) is 101 cm³/mol. The third-order valence-corrected chi connectivity index (χ3v) is 4.59. The van der Waals surface area contributed by atoms with Gasteiger partial charge in [-0.1, -0.05) is 20.8 Å². The number of aromatic nitrogens is 2. The van der Waals surface area contributed by atoms with Crippen LogP contribution >= 0.6 is 0 Å². The highest BCUT2D eigenvalue weighted by molar-refractivity contribution is 5.25. The van der Waals surface area contributed by atoms with Crippen molar-refractivity contribution in [1.82, 2.24) is 15.1 Å². The smallest absolute Gasteiger partial charge is 0.273 e. The number of hydrogen-bond donors (Lipinski definition) is 2. The summed E-state index contributed by atoms with van der Waals surface area (Å²) in [5, 5.41) is 16.0. The van der Waals surface area contributed by atoms with Gasteiger partial charge in [0.2, 0.25) is 0 Å². The Bertz CT molecular complexity index is 520. The Hall–Kier alpha value is -1.09. The summed E-state index contributed by atoms with van der Waals surface area (Å²) in [4.78, 5) is 2.24. The summed E-state index contributed by atoms with van der Waals surface area (Å²) in [5.74, 6) is -3.04. The fourth-order valence-electron chi connectivity index (χ4n) is 2.99. The van der Waals surface area contributed by atoms with Gasteiger partial charge in [0.25, 0.3) is 5.92 Å². The van der Waals surface area contributed by atoms with Gasteiger partial charge >= 0.3 is 0 Å². The molecule has 1 aliphatic rings. The molecule has 1 unspecified atom stereocenters. The second-order valence-electron chi connectivity index (χ2n) is 6.44. The molecule has 0 spiro atoms. The van der Waals surface area contributed by atoms with Gasteiger partial charge in [-0.05, 0) is 25.3 Å². The molecule has 0 aromatic carbocycles. The highest BCUT2D eigenvalue weighted by Crippen LogP contribution is 2.28. The first kappa shape index (κ1) is 23.9. The van der Waals surface area contributed by atoms with Crippen LogP contribution in [0.1, 0.15) is 56.7 Å². The second-order valence-corrected chi connectivity index (χ2v) is 6.44. The van der Waals surface area contributed by atoms with Crippen molar-refractivity contribution in [3.05, 3.63) is 17.0 Å². The maximum absolute atomic E-state index is 13.7. The molecule has 0 amide bonds. The molecule has 0 aliphatic carbocycles. The minimum Gasteiger partial charge on any atom is -0.396 e. The van der Waals surface area contributed by atoms with Crippen LogP contribution < -0.4 is 0 Å². The Morgan fingerprint density at radius 2 is 2.00 bits per heavy atom. The van der Waals surface area contributed by atoms with E-state index >= 15 is 0 Å². The predicted octanol–water partition coefficient (Wildman–Crippen LogP) is 3.10. The standard InChI is InChI=1S/C17H29F2N3O3.C2H6/c1-3-14-13(2)16(21-20-14)15(25-12-17(18,19)5-9-23)4-6-22-7-10-24-11-8-22;1-2/h15,23H,3-12H2,1-2H3,(H,20,21);1-2H3. The highest BCUT2D eigenvalue weighted by Gasteiger charge is 2.31. The average Bonchev–Trinajstić information content (AvgIpc) is 3.05. The zero-order valence-corrected chi connectivity index (χ0v) is 17.1. The van der Waals surface area contributed by atoms with Gasteiger partial charge in [-0.2, -0.15) is 5.10 Å². The number of aryl methyl sites for hydroxylation is 1. The number of aliphatic hydroxyl groups is 1. The number of ether oxygens (including phenoxy) is 2. The molecule has 1 saturated heterocycles. The molecule has 0 saturated carbocycles. The van der Waals surface area contributed by atoms with Crippen LogP contribution in [0.3, 0.4) is 0 Å². The normalized spacial score (nSPS) is 16.7. The van der Waals surface area contributed by atoms with Gasteiger partial charge in [0.05, 0.1) is 18.9 Å². The van der Waals surface area contributed by atoms with E-state index in [1.165, 1.54) is 0 Å². The van der Waals surface area contributed by atoms with Gasteiger partial charge in [-0.25, -0.2) is 8.78 Å². The summed E-state index contributed by atoms with van der Waals surface area (Å²) >= 11 is 0. The monoisotopic (exact) mass is 391 g/mol. The van der Waals surface area contributed by atoms with Crippen LogP contribution in [0, 0.1) is 6.92 Å². The van der Waals surface area contributed by atoms with Crippen LogP contribution in [0.15, 0.2) is 0 Å². The molecule has 1 aromatic heterocycles. The first-order chi connectivity index (χ1) is 13.0. The van der Waals surface area contributed by atoms with Gasteiger partial charge in [0, 0.05) is 38.4 Å². The maximum atomic E-state index is 13.7. The summed E-state index contributed by atoms with van der Waals surface area (Å²) in [6.07, 6.45) is 0.298. The first-order valence-electron chi connectivity index (χ1n) is 9.91.